The lowest BCUT2D eigenvalue weighted by Crippen LogP contribution is -2.30. The fourth-order valence-electron chi connectivity index (χ4n) is 1.79. The van der Waals surface area contributed by atoms with Crippen molar-refractivity contribution in [1.29, 1.82) is 0 Å². The topological polar surface area (TPSA) is 66.9 Å². The fraction of sp³-hybridized carbons (Fsp3) is 0.583. The summed E-state index contributed by atoms with van der Waals surface area (Å²) in [6.07, 6.45) is 6.63. The second-order valence-corrected chi connectivity index (χ2v) is 4.58. The molecule has 0 radical (unpaired) electrons. The van der Waals surface area contributed by atoms with Crippen LogP contribution in [0.3, 0.4) is 0 Å². The number of carbonyl (C=O) groups is 1. The second-order valence-electron chi connectivity index (χ2n) is 4.58. The van der Waals surface area contributed by atoms with E-state index in [1.807, 2.05) is 0 Å². The van der Waals surface area contributed by atoms with E-state index >= 15 is 0 Å². The lowest BCUT2D eigenvalue weighted by Gasteiger charge is -2.13. The van der Waals surface area contributed by atoms with Crippen molar-refractivity contribution in [1.82, 2.24) is 15.3 Å². The minimum absolute atomic E-state index is 0.144. The number of amides is 1. The maximum absolute atomic E-state index is 11.9. The monoisotopic (exact) mass is 234 g/mol. The third-order valence-electron chi connectivity index (χ3n) is 3.45. The highest BCUT2D eigenvalue weighted by Gasteiger charge is 2.40. The fourth-order valence-corrected chi connectivity index (χ4v) is 1.79. The highest BCUT2D eigenvalue weighted by Crippen LogP contribution is 2.47. The van der Waals surface area contributed by atoms with E-state index in [1.165, 1.54) is 19.0 Å². The summed E-state index contributed by atoms with van der Waals surface area (Å²) in [5.74, 6) is 0.462. The average molecular weight is 234 g/mol. The number of aromatic nitrogens is 2. The Morgan fingerprint density at radius 1 is 1.47 bits per heavy atom. The molecule has 5 nitrogen and oxygen atoms in total. The Morgan fingerprint density at radius 2 is 2.24 bits per heavy atom. The predicted molar refractivity (Wildman–Crippen MR) is 65.9 cm³/mol. The van der Waals surface area contributed by atoms with Crippen molar-refractivity contribution >= 4 is 11.7 Å². The minimum Gasteiger partial charge on any atom is -0.372 e. The molecule has 1 heterocycles. The summed E-state index contributed by atoms with van der Waals surface area (Å²) in [4.78, 5) is 20.0. The quantitative estimate of drug-likeness (QED) is 0.809. The maximum Gasteiger partial charge on any atom is 0.271 e. The van der Waals surface area contributed by atoms with Gasteiger partial charge in [-0.05, 0) is 24.7 Å². The summed E-state index contributed by atoms with van der Waals surface area (Å²) >= 11 is 0. The zero-order valence-corrected chi connectivity index (χ0v) is 10.3. The SMILES string of the molecule is CCC1(CNC(=O)c2cncc(NC)n2)CC1. The molecule has 1 aliphatic carbocycles. The van der Waals surface area contributed by atoms with Crippen molar-refractivity contribution < 1.29 is 4.79 Å². The van der Waals surface area contributed by atoms with Gasteiger partial charge in [0.25, 0.3) is 5.91 Å². The van der Waals surface area contributed by atoms with E-state index in [0.717, 1.165) is 13.0 Å². The van der Waals surface area contributed by atoms with Gasteiger partial charge in [0.1, 0.15) is 11.5 Å². The average Bonchev–Trinajstić information content (AvgIpc) is 3.17. The van der Waals surface area contributed by atoms with Gasteiger partial charge in [-0.2, -0.15) is 0 Å². The highest BCUT2D eigenvalue weighted by molar-refractivity contribution is 5.92. The van der Waals surface area contributed by atoms with E-state index in [0.29, 0.717) is 16.9 Å². The van der Waals surface area contributed by atoms with Gasteiger partial charge in [0.2, 0.25) is 0 Å². The molecule has 2 N–H and O–H groups in total. The van der Waals surface area contributed by atoms with Gasteiger partial charge in [0.15, 0.2) is 0 Å². The van der Waals surface area contributed by atoms with Crippen LogP contribution in [-0.4, -0.2) is 29.5 Å². The zero-order valence-electron chi connectivity index (χ0n) is 10.3. The molecule has 1 aromatic heterocycles. The minimum atomic E-state index is -0.144. The molecule has 5 heteroatoms. The maximum atomic E-state index is 11.9. The van der Waals surface area contributed by atoms with Crippen LogP contribution in [0.25, 0.3) is 0 Å². The van der Waals surface area contributed by atoms with E-state index in [4.69, 9.17) is 0 Å². The molecule has 0 saturated heterocycles. The summed E-state index contributed by atoms with van der Waals surface area (Å²) in [5.41, 5.74) is 0.715. The molecule has 0 atom stereocenters. The Balaban J connectivity index is 1.95. The van der Waals surface area contributed by atoms with Gasteiger partial charge in [0, 0.05) is 13.6 Å². The molecule has 0 unspecified atom stereocenters. The highest BCUT2D eigenvalue weighted by atomic mass is 16.1. The van der Waals surface area contributed by atoms with Crippen LogP contribution in [0.1, 0.15) is 36.7 Å². The van der Waals surface area contributed by atoms with E-state index in [9.17, 15) is 4.79 Å². The van der Waals surface area contributed by atoms with Gasteiger partial charge in [-0.3, -0.25) is 9.78 Å². The number of hydrogen-bond donors (Lipinski definition) is 2. The summed E-state index contributed by atoms with van der Waals surface area (Å²) in [7, 11) is 1.75. The molecule has 0 spiro atoms. The van der Waals surface area contributed by atoms with Crippen LogP contribution in [0.4, 0.5) is 5.82 Å². The van der Waals surface area contributed by atoms with Crippen LogP contribution in [0.5, 0.6) is 0 Å². The van der Waals surface area contributed by atoms with Crippen LogP contribution < -0.4 is 10.6 Å². The number of carbonyl (C=O) groups excluding carboxylic acids is 1. The molecule has 0 aliphatic heterocycles. The Hall–Kier alpha value is -1.65. The molecule has 92 valence electrons. The Labute approximate surface area is 101 Å². The zero-order chi connectivity index (χ0) is 12.3. The third-order valence-corrected chi connectivity index (χ3v) is 3.45. The Morgan fingerprint density at radius 3 is 2.82 bits per heavy atom. The van der Waals surface area contributed by atoms with Crippen molar-refractivity contribution in [2.75, 3.05) is 18.9 Å². The van der Waals surface area contributed by atoms with Crippen LogP contribution >= 0.6 is 0 Å². The van der Waals surface area contributed by atoms with Crippen LogP contribution in [0, 0.1) is 5.41 Å². The van der Waals surface area contributed by atoms with Gasteiger partial charge in [-0.15, -0.1) is 0 Å². The second kappa shape index (κ2) is 4.69. The largest absolute Gasteiger partial charge is 0.372 e. The predicted octanol–water partition coefficient (Wildman–Crippen LogP) is 1.44. The normalized spacial score (nSPS) is 16.4. The summed E-state index contributed by atoms with van der Waals surface area (Å²) in [6.45, 7) is 2.91. The summed E-state index contributed by atoms with van der Waals surface area (Å²) in [5, 5.41) is 5.80. The van der Waals surface area contributed by atoms with Crippen molar-refractivity contribution in [3.05, 3.63) is 18.1 Å². The lowest BCUT2D eigenvalue weighted by molar-refractivity contribution is 0.0939. The van der Waals surface area contributed by atoms with Gasteiger partial charge < -0.3 is 10.6 Å². The molecule has 1 aromatic rings. The first kappa shape index (κ1) is 11.8. The van der Waals surface area contributed by atoms with Crippen LogP contribution in [0.2, 0.25) is 0 Å². The van der Waals surface area contributed by atoms with Gasteiger partial charge in [0.05, 0.1) is 12.4 Å². The molecule has 1 fully saturated rings. The Bertz CT molecular complexity index is 415. The van der Waals surface area contributed by atoms with Crippen molar-refractivity contribution in [2.45, 2.75) is 26.2 Å². The number of hydrogen-bond acceptors (Lipinski definition) is 4. The third kappa shape index (κ3) is 2.72. The molecular weight excluding hydrogens is 216 g/mol. The van der Waals surface area contributed by atoms with Crippen LogP contribution in [-0.2, 0) is 0 Å². The lowest BCUT2D eigenvalue weighted by atomic mass is 10.0. The molecule has 2 rings (SSSR count). The molecular formula is C12H18N4O. The number of nitrogens with zero attached hydrogens (tertiary/aromatic N) is 2. The summed E-state index contributed by atoms with van der Waals surface area (Å²) < 4.78 is 0. The summed E-state index contributed by atoms with van der Waals surface area (Å²) in [6, 6.07) is 0. The van der Waals surface area contributed by atoms with Crippen molar-refractivity contribution in [3.63, 3.8) is 0 Å². The first-order valence-electron chi connectivity index (χ1n) is 5.97. The Kier molecular flexibility index (Phi) is 3.26. The van der Waals surface area contributed by atoms with Gasteiger partial charge >= 0.3 is 0 Å². The first-order chi connectivity index (χ1) is 8.19. The van der Waals surface area contributed by atoms with Crippen LogP contribution in [0.15, 0.2) is 12.4 Å². The molecule has 17 heavy (non-hydrogen) atoms. The molecule has 0 aromatic carbocycles. The van der Waals surface area contributed by atoms with E-state index in [-0.39, 0.29) is 5.91 Å². The molecule has 1 amide bonds. The molecule has 1 aliphatic rings. The first-order valence-corrected chi connectivity index (χ1v) is 5.97. The number of nitrogens with one attached hydrogen (secondary N) is 2. The van der Waals surface area contributed by atoms with E-state index in [1.54, 1.807) is 13.2 Å². The van der Waals surface area contributed by atoms with Gasteiger partial charge in [-0.25, -0.2) is 4.98 Å². The van der Waals surface area contributed by atoms with E-state index in [2.05, 4.69) is 27.5 Å². The van der Waals surface area contributed by atoms with Crippen molar-refractivity contribution in [2.24, 2.45) is 5.41 Å². The van der Waals surface area contributed by atoms with Crippen molar-refractivity contribution in [3.8, 4) is 0 Å². The van der Waals surface area contributed by atoms with Gasteiger partial charge in [-0.1, -0.05) is 6.92 Å². The van der Waals surface area contributed by atoms with E-state index < -0.39 is 0 Å². The standard InChI is InChI=1S/C12H18N4O/c1-3-12(4-5-12)8-15-11(17)9-6-14-7-10(13-2)16-9/h6-7H,3-5,8H2,1-2H3,(H,13,16)(H,15,17). The smallest absolute Gasteiger partial charge is 0.271 e. The molecule has 1 saturated carbocycles. The number of anilines is 1. The number of rotatable bonds is 5. The molecule has 0 bridgehead atoms.